The van der Waals surface area contributed by atoms with Crippen LogP contribution >= 0.6 is 45.8 Å². The Labute approximate surface area is 138 Å². The van der Waals surface area contributed by atoms with Crippen molar-refractivity contribution in [2.45, 2.75) is 6.54 Å². The average molecular weight is 420 g/mol. The second-order valence-corrected chi connectivity index (χ2v) is 6.31. The minimum atomic E-state index is -0.405. The van der Waals surface area contributed by atoms with E-state index in [4.69, 9.17) is 27.6 Å². The van der Waals surface area contributed by atoms with Crippen molar-refractivity contribution < 1.29 is 4.42 Å². The quantitative estimate of drug-likeness (QED) is 0.571. The second-order valence-electron chi connectivity index (χ2n) is 4.28. The fraction of sp³-hybridized carbons (Fsp3) is 0.0714. The van der Waals surface area contributed by atoms with Gasteiger partial charge in [0.2, 0.25) is 0 Å². The highest BCUT2D eigenvalue weighted by Crippen LogP contribution is 2.27. The standard InChI is InChI=1S/C14H8Cl2INO2/c15-10-3-1-2-8(13(10)16)7-18-11-5-4-9(17)6-12(11)20-14(18)19/h1-6H,7H2. The molecular formula is C14H8Cl2INO2. The van der Waals surface area contributed by atoms with E-state index in [1.54, 1.807) is 16.7 Å². The summed E-state index contributed by atoms with van der Waals surface area (Å²) in [6.07, 6.45) is 0. The van der Waals surface area contributed by atoms with E-state index in [1.807, 2.05) is 24.3 Å². The summed E-state index contributed by atoms with van der Waals surface area (Å²) < 4.78 is 7.80. The highest BCUT2D eigenvalue weighted by molar-refractivity contribution is 14.1. The van der Waals surface area contributed by atoms with Crippen molar-refractivity contribution >= 4 is 56.9 Å². The number of hydrogen-bond donors (Lipinski definition) is 0. The van der Waals surface area contributed by atoms with Crippen molar-refractivity contribution in [3.05, 3.63) is 66.1 Å². The van der Waals surface area contributed by atoms with Crippen LogP contribution < -0.4 is 5.76 Å². The highest BCUT2D eigenvalue weighted by Gasteiger charge is 2.12. The third-order valence-corrected chi connectivity index (χ3v) is 4.52. The van der Waals surface area contributed by atoms with Gasteiger partial charge in [-0.05, 0) is 52.4 Å². The number of aromatic nitrogens is 1. The molecule has 0 spiro atoms. The van der Waals surface area contributed by atoms with E-state index in [2.05, 4.69) is 22.6 Å². The molecule has 2 aromatic carbocycles. The van der Waals surface area contributed by atoms with Gasteiger partial charge in [-0.25, -0.2) is 4.79 Å². The maximum Gasteiger partial charge on any atom is 0.420 e. The summed E-state index contributed by atoms with van der Waals surface area (Å²) in [4.78, 5) is 12.0. The minimum absolute atomic E-state index is 0.325. The predicted molar refractivity (Wildman–Crippen MR) is 88.8 cm³/mol. The van der Waals surface area contributed by atoms with Gasteiger partial charge in [-0.3, -0.25) is 4.57 Å². The van der Waals surface area contributed by atoms with Crippen LogP contribution in [0.15, 0.2) is 45.6 Å². The first-order chi connectivity index (χ1) is 9.56. The zero-order chi connectivity index (χ0) is 14.3. The van der Waals surface area contributed by atoms with Gasteiger partial charge in [-0.2, -0.15) is 0 Å². The fourth-order valence-corrected chi connectivity index (χ4v) is 2.87. The third-order valence-electron chi connectivity index (χ3n) is 2.99. The number of benzene rings is 2. The summed E-state index contributed by atoms with van der Waals surface area (Å²) in [5, 5.41) is 0.931. The van der Waals surface area contributed by atoms with Crippen molar-refractivity contribution in [1.29, 1.82) is 0 Å². The molecule has 3 nitrogen and oxygen atoms in total. The molecule has 0 aliphatic carbocycles. The van der Waals surface area contributed by atoms with Crippen molar-refractivity contribution in [3.8, 4) is 0 Å². The van der Waals surface area contributed by atoms with Gasteiger partial charge in [0.15, 0.2) is 5.58 Å². The zero-order valence-corrected chi connectivity index (χ0v) is 13.7. The van der Waals surface area contributed by atoms with Crippen LogP contribution in [0, 0.1) is 3.57 Å². The molecule has 0 aliphatic rings. The summed E-state index contributed by atoms with van der Waals surface area (Å²) in [5.41, 5.74) is 2.09. The molecule has 6 heteroatoms. The van der Waals surface area contributed by atoms with E-state index < -0.39 is 5.76 Å². The van der Waals surface area contributed by atoms with Gasteiger partial charge in [0.1, 0.15) is 0 Å². The van der Waals surface area contributed by atoms with Crippen molar-refractivity contribution in [2.24, 2.45) is 0 Å². The van der Waals surface area contributed by atoms with Crippen LogP contribution in [0.1, 0.15) is 5.56 Å². The number of rotatable bonds is 2. The summed E-state index contributed by atoms with van der Waals surface area (Å²) in [5.74, 6) is -0.405. The van der Waals surface area contributed by atoms with E-state index in [9.17, 15) is 4.79 Å². The molecule has 0 saturated heterocycles. The van der Waals surface area contributed by atoms with Gasteiger partial charge in [0, 0.05) is 3.57 Å². The Morgan fingerprint density at radius 1 is 1.20 bits per heavy atom. The van der Waals surface area contributed by atoms with E-state index in [0.29, 0.717) is 22.2 Å². The lowest BCUT2D eigenvalue weighted by Crippen LogP contribution is -2.15. The first-order valence-corrected chi connectivity index (χ1v) is 7.61. The molecule has 3 aromatic rings. The number of halogens is 3. The second kappa shape index (κ2) is 5.42. The number of oxazole rings is 1. The van der Waals surface area contributed by atoms with Crippen LogP contribution in [-0.4, -0.2) is 4.57 Å². The maximum atomic E-state index is 12.0. The van der Waals surface area contributed by atoms with Crippen LogP contribution in [0.25, 0.3) is 11.1 Å². The molecule has 0 fully saturated rings. The molecular weight excluding hydrogens is 412 g/mol. The molecule has 1 heterocycles. The first-order valence-electron chi connectivity index (χ1n) is 5.78. The van der Waals surface area contributed by atoms with Gasteiger partial charge in [0.05, 0.1) is 22.1 Å². The molecule has 102 valence electrons. The molecule has 0 aliphatic heterocycles. The van der Waals surface area contributed by atoms with E-state index in [-0.39, 0.29) is 0 Å². The van der Waals surface area contributed by atoms with Crippen LogP contribution in [0.2, 0.25) is 10.0 Å². The molecule has 1 aromatic heterocycles. The zero-order valence-electron chi connectivity index (χ0n) is 10.1. The Morgan fingerprint density at radius 2 is 2.00 bits per heavy atom. The SMILES string of the molecule is O=c1oc2cc(I)ccc2n1Cc1cccc(Cl)c1Cl. The molecule has 0 radical (unpaired) electrons. The minimum Gasteiger partial charge on any atom is -0.408 e. The normalized spacial score (nSPS) is 11.2. The molecule has 0 atom stereocenters. The van der Waals surface area contributed by atoms with E-state index >= 15 is 0 Å². The molecule has 3 rings (SSSR count). The molecule has 0 saturated carbocycles. The Morgan fingerprint density at radius 3 is 2.80 bits per heavy atom. The number of fused-ring (bicyclic) bond motifs is 1. The Bertz CT molecular complexity index is 854. The summed E-state index contributed by atoms with van der Waals surface area (Å²) in [6.45, 7) is 0.325. The van der Waals surface area contributed by atoms with Crippen LogP contribution in [-0.2, 0) is 6.54 Å². The van der Waals surface area contributed by atoms with Crippen molar-refractivity contribution in [3.63, 3.8) is 0 Å². The first kappa shape index (κ1) is 14.0. The van der Waals surface area contributed by atoms with Gasteiger partial charge in [-0.15, -0.1) is 0 Å². The van der Waals surface area contributed by atoms with Gasteiger partial charge in [-0.1, -0.05) is 35.3 Å². The topological polar surface area (TPSA) is 35.1 Å². The molecule has 0 amide bonds. The van der Waals surface area contributed by atoms with Gasteiger partial charge >= 0.3 is 5.76 Å². The average Bonchev–Trinajstić information content (AvgIpc) is 2.70. The van der Waals surface area contributed by atoms with Crippen LogP contribution in [0.5, 0.6) is 0 Å². The summed E-state index contributed by atoms with van der Waals surface area (Å²) in [6, 6.07) is 11.0. The van der Waals surface area contributed by atoms with Gasteiger partial charge in [0.25, 0.3) is 0 Å². The van der Waals surface area contributed by atoms with E-state index in [0.717, 1.165) is 14.7 Å². The molecule has 0 bridgehead atoms. The largest absolute Gasteiger partial charge is 0.420 e. The van der Waals surface area contributed by atoms with E-state index in [1.165, 1.54) is 0 Å². The smallest absolute Gasteiger partial charge is 0.408 e. The lowest BCUT2D eigenvalue weighted by molar-refractivity contribution is 0.517. The number of nitrogens with zero attached hydrogens (tertiary/aromatic N) is 1. The molecule has 20 heavy (non-hydrogen) atoms. The Balaban J connectivity index is 2.13. The van der Waals surface area contributed by atoms with Crippen molar-refractivity contribution in [1.82, 2.24) is 4.57 Å². The number of hydrogen-bond acceptors (Lipinski definition) is 2. The lowest BCUT2D eigenvalue weighted by atomic mass is 10.2. The van der Waals surface area contributed by atoms with Gasteiger partial charge < -0.3 is 4.42 Å². The lowest BCUT2D eigenvalue weighted by Gasteiger charge is -2.06. The van der Waals surface area contributed by atoms with Crippen molar-refractivity contribution in [2.75, 3.05) is 0 Å². The maximum absolute atomic E-state index is 12.0. The van der Waals surface area contributed by atoms with Crippen LogP contribution in [0.4, 0.5) is 0 Å². The Kier molecular flexibility index (Phi) is 3.79. The monoisotopic (exact) mass is 419 g/mol. The third kappa shape index (κ3) is 2.47. The summed E-state index contributed by atoms with van der Waals surface area (Å²) >= 11 is 14.3. The highest BCUT2D eigenvalue weighted by atomic mass is 127. The fourth-order valence-electron chi connectivity index (χ4n) is 2.03. The molecule has 0 N–H and O–H groups in total. The summed E-state index contributed by atoms with van der Waals surface area (Å²) in [7, 11) is 0. The van der Waals surface area contributed by atoms with Crippen LogP contribution in [0.3, 0.4) is 0 Å². The predicted octanol–water partition coefficient (Wildman–Crippen LogP) is 4.55. The molecule has 0 unspecified atom stereocenters. The Hall–Kier alpha value is -0.980.